The number of fused-ring (bicyclic) bond motifs is 1. The number of hydrogen-bond acceptors (Lipinski definition) is 4. The van der Waals surface area contributed by atoms with Crippen molar-refractivity contribution < 1.29 is 9.53 Å². The lowest BCUT2D eigenvalue weighted by molar-refractivity contribution is 0.0993. The van der Waals surface area contributed by atoms with Crippen LogP contribution in [-0.4, -0.2) is 22.6 Å². The van der Waals surface area contributed by atoms with Gasteiger partial charge >= 0.3 is 0 Å². The summed E-state index contributed by atoms with van der Waals surface area (Å²) in [6.45, 7) is 0.630. The Hall–Kier alpha value is -2.01. The van der Waals surface area contributed by atoms with Gasteiger partial charge in [-0.25, -0.2) is 0 Å². The Morgan fingerprint density at radius 2 is 2.37 bits per heavy atom. The molecule has 0 amide bonds. The number of ketones is 1. The minimum absolute atomic E-state index is 0.105. The van der Waals surface area contributed by atoms with Gasteiger partial charge in [-0.3, -0.25) is 9.89 Å². The Kier molecular flexibility index (Phi) is 2.91. The largest absolute Gasteiger partial charge is 0.493 e. The van der Waals surface area contributed by atoms with E-state index in [1.165, 1.54) is 6.20 Å². The monoisotopic (exact) mass is 277 g/mol. The van der Waals surface area contributed by atoms with E-state index in [2.05, 4.69) is 10.2 Å². The van der Waals surface area contributed by atoms with Crippen LogP contribution >= 0.6 is 11.6 Å². The first-order valence-electron chi connectivity index (χ1n) is 5.91. The van der Waals surface area contributed by atoms with E-state index >= 15 is 0 Å². The first kappa shape index (κ1) is 12.0. The number of Topliss-reactive ketones (excluding diaryl/α,β-unsaturated/α-hetero) is 1. The van der Waals surface area contributed by atoms with Crippen LogP contribution in [0, 0.1) is 0 Å². The van der Waals surface area contributed by atoms with Crippen molar-refractivity contribution in [1.29, 1.82) is 0 Å². The number of ether oxygens (including phenoxy) is 1. The molecule has 6 heteroatoms. The topological polar surface area (TPSA) is 81.0 Å². The number of anilines is 1. The number of carbonyl (C=O) groups is 1. The number of benzene rings is 1. The molecule has 98 valence electrons. The van der Waals surface area contributed by atoms with Crippen molar-refractivity contribution in [1.82, 2.24) is 10.2 Å². The summed E-state index contributed by atoms with van der Waals surface area (Å²) >= 11 is 6.06. The number of H-pyrrole nitrogens is 1. The van der Waals surface area contributed by atoms with Gasteiger partial charge in [0.15, 0.2) is 5.78 Å². The number of halogens is 1. The molecule has 0 radical (unpaired) electrons. The van der Waals surface area contributed by atoms with Crippen molar-refractivity contribution in [2.24, 2.45) is 0 Å². The van der Waals surface area contributed by atoms with Gasteiger partial charge in [0, 0.05) is 23.4 Å². The Balaban J connectivity index is 1.92. The first-order chi connectivity index (χ1) is 9.15. The summed E-state index contributed by atoms with van der Waals surface area (Å²) in [5.74, 6) is 0.954. The summed E-state index contributed by atoms with van der Waals surface area (Å²) in [4.78, 5) is 12.2. The molecule has 1 aliphatic rings. The summed E-state index contributed by atoms with van der Waals surface area (Å²) in [7, 11) is 0. The fourth-order valence-corrected chi connectivity index (χ4v) is 2.53. The second-order valence-corrected chi connectivity index (χ2v) is 4.89. The Bertz CT molecular complexity index is 651. The molecule has 3 rings (SSSR count). The van der Waals surface area contributed by atoms with Crippen molar-refractivity contribution in [3.05, 3.63) is 40.0 Å². The number of aromatic nitrogens is 2. The van der Waals surface area contributed by atoms with Crippen molar-refractivity contribution in [3.63, 3.8) is 0 Å². The lowest BCUT2D eigenvalue weighted by atomic mass is 10.0. The summed E-state index contributed by atoms with van der Waals surface area (Å²) < 4.78 is 5.57. The predicted octanol–water partition coefficient (Wildman–Crippen LogP) is 2.01. The van der Waals surface area contributed by atoms with Gasteiger partial charge < -0.3 is 10.5 Å². The quantitative estimate of drug-likeness (QED) is 0.841. The highest BCUT2D eigenvalue weighted by atomic mass is 35.5. The van der Waals surface area contributed by atoms with Gasteiger partial charge in [-0.15, -0.1) is 0 Å². The minimum atomic E-state index is -0.105. The molecule has 1 aromatic heterocycles. The number of aromatic amines is 1. The maximum atomic E-state index is 12.2. The molecule has 0 bridgehead atoms. The third kappa shape index (κ3) is 2.17. The lowest BCUT2D eigenvalue weighted by Gasteiger charge is -2.08. The molecule has 0 fully saturated rings. The van der Waals surface area contributed by atoms with Crippen molar-refractivity contribution in [2.45, 2.75) is 12.8 Å². The second-order valence-electron chi connectivity index (χ2n) is 4.45. The van der Waals surface area contributed by atoms with Gasteiger partial charge in [0.2, 0.25) is 0 Å². The summed E-state index contributed by atoms with van der Waals surface area (Å²) in [6, 6.07) is 3.64. The summed E-state index contributed by atoms with van der Waals surface area (Å²) in [6.07, 6.45) is 2.46. The molecule has 2 heterocycles. The number of carbonyl (C=O) groups excluding carboxylic acids is 1. The van der Waals surface area contributed by atoms with Gasteiger partial charge in [-0.1, -0.05) is 11.6 Å². The van der Waals surface area contributed by atoms with Crippen LogP contribution in [0.2, 0.25) is 5.02 Å². The van der Waals surface area contributed by atoms with Gasteiger partial charge in [0.05, 0.1) is 18.4 Å². The van der Waals surface area contributed by atoms with Gasteiger partial charge in [-0.05, 0) is 17.7 Å². The molecule has 0 spiro atoms. The SMILES string of the molecule is Nc1[nH]ncc1C(=O)Cc1cc(Cl)cc2c1OCC2. The molecular formula is C13H12ClN3O2. The van der Waals surface area contributed by atoms with E-state index < -0.39 is 0 Å². The van der Waals surface area contributed by atoms with Crippen molar-refractivity contribution in [2.75, 3.05) is 12.3 Å². The Labute approximate surface area is 114 Å². The molecular weight excluding hydrogens is 266 g/mol. The Morgan fingerprint density at radius 1 is 1.53 bits per heavy atom. The van der Waals surface area contributed by atoms with E-state index in [-0.39, 0.29) is 18.0 Å². The van der Waals surface area contributed by atoms with Crippen LogP contribution in [-0.2, 0) is 12.8 Å². The number of nitrogen functional groups attached to an aromatic ring is 1. The fraction of sp³-hybridized carbons (Fsp3) is 0.231. The minimum Gasteiger partial charge on any atom is -0.493 e. The van der Waals surface area contributed by atoms with E-state index in [0.717, 1.165) is 23.3 Å². The molecule has 0 aliphatic carbocycles. The number of nitrogens with one attached hydrogen (secondary N) is 1. The van der Waals surface area contributed by atoms with Crippen LogP contribution in [0.3, 0.4) is 0 Å². The normalized spacial score (nSPS) is 13.1. The highest BCUT2D eigenvalue weighted by Crippen LogP contribution is 2.33. The zero-order chi connectivity index (χ0) is 13.4. The zero-order valence-electron chi connectivity index (χ0n) is 10.1. The lowest BCUT2D eigenvalue weighted by Crippen LogP contribution is -2.06. The maximum absolute atomic E-state index is 12.2. The molecule has 3 N–H and O–H groups in total. The first-order valence-corrected chi connectivity index (χ1v) is 6.29. The Morgan fingerprint density at radius 3 is 3.11 bits per heavy atom. The average Bonchev–Trinajstić information content (AvgIpc) is 2.97. The predicted molar refractivity (Wildman–Crippen MR) is 71.7 cm³/mol. The summed E-state index contributed by atoms with van der Waals surface area (Å²) in [5.41, 5.74) is 7.88. The molecule has 2 aromatic rings. The standard InChI is InChI=1S/C13H12ClN3O2/c14-9-3-7-1-2-19-12(7)8(4-9)5-11(18)10-6-16-17-13(10)15/h3-4,6H,1-2,5H2,(H3,15,16,17). The molecule has 0 saturated carbocycles. The molecule has 0 atom stereocenters. The average molecular weight is 278 g/mol. The molecule has 0 unspecified atom stereocenters. The summed E-state index contributed by atoms with van der Waals surface area (Å²) in [5, 5.41) is 6.91. The fourth-order valence-electron chi connectivity index (χ4n) is 2.26. The third-order valence-corrected chi connectivity index (χ3v) is 3.36. The zero-order valence-corrected chi connectivity index (χ0v) is 10.8. The molecule has 1 aliphatic heterocycles. The van der Waals surface area contributed by atoms with E-state index in [4.69, 9.17) is 22.1 Å². The number of nitrogens with zero attached hydrogens (tertiary/aromatic N) is 1. The van der Waals surface area contributed by atoms with Gasteiger partial charge in [0.1, 0.15) is 11.6 Å². The van der Waals surface area contributed by atoms with Gasteiger partial charge in [-0.2, -0.15) is 5.10 Å². The smallest absolute Gasteiger partial charge is 0.172 e. The van der Waals surface area contributed by atoms with E-state index in [1.807, 2.05) is 6.07 Å². The third-order valence-electron chi connectivity index (χ3n) is 3.15. The van der Waals surface area contributed by atoms with Crippen molar-refractivity contribution in [3.8, 4) is 5.75 Å². The highest BCUT2D eigenvalue weighted by Gasteiger charge is 2.21. The van der Waals surface area contributed by atoms with Crippen LogP contribution in [0.4, 0.5) is 5.82 Å². The molecule has 0 saturated heterocycles. The number of nitrogens with two attached hydrogens (primary N) is 1. The van der Waals surface area contributed by atoms with Crippen molar-refractivity contribution >= 4 is 23.2 Å². The second kappa shape index (κ2) is 4.59. The molecule has 19 heavy (non-hydrogen) atoms. The van der Waals surface area contributed by atoms with Crippen LogP contribution < -0.4 is 10.5 Å². The van der Waals surface area contributed by atoms with E-state index in [9.17, 15) is 4.79 Å². The van der Waals surface area contributed by atoms with Crippen LogP contribution in [0.25, 0.3) is 0 Å². The van der Waals surface area contributed by atoms with E-state index in [0.29, 0.717) is 17.2 Å². The van der Waals surface area contributed by atoms with E-state index in [1.54, 1.807) is 6.07 Å². The molecule has 5 nitrogen and oxygen atoms in total. The number of hydrogen-bond donors (Lipinski definition) is 2. The molecule has 1 aromatic carbocycles. The maximum Gasteiger partial charge on any atom is 0.172 e. The van der Waals surface area contributed by atoms with Crippen LogP contribution in [0.15, 0.2) is 18.3 Å². The highest BCUT2D eigenvalue weighted by molar-refractivity contribution is 6.30. The van der Waals surface area contributed by atoms with Gasteiger partial charge in [0.25, 0.3) is 0 Å². The van der Waals surface area contributed by atoms with Crippen LogP contribution in [0.5, 0.6) is 5.75 Å². The van der Waals surface area contributed by atoms with Crippen LogP contribution in [0.1, 0.15) is 21.5 Å². The number of rotatable bonds is 3.